The molecule has 0 aliphatic rings. The van der Waals surface area contributed by atoms with E-state index in [0.717, 1.165) is 5.56 Å². The third-order valence-electron chi connectivity index (χ3n) is 3.07. The summed E-state index contributed by atoms with van der Waals surface area (Å²) in [5.41, 5.74) is 6.41. The van der Waals surface area contributed by atoms with Gasteiger partial charge in [0.2, 0.25) is 0 Å². The summed E-state index contributed by atoms with van der Waals surface area (Å²) < 4.78 is 5.16. The summed E-state index contributed by atoms with van der Waals surface area (Å²) in [5.74, 6) is -0.249. The van der Waals surface area contributed by atoms with Crippen LogP contribution in [-0.4, -0.2) is 18.9 Å². The van der Waals surface area contributed by atoms with Crippen molar-refractivity contribution < 1.29 is 14.3 Å². The molecule has 5 nitrogen and oxygen atoms in total. The highest BCUT2D eigenvalue weighted by Crippen LogP contribution is 2.18. The minimum absolute atomic E-state index is 0.388. The quantitative estimate of drug-likeness (QED) is 0.855. The maximum absolute atomic E-state index is 12.0. The number of carbonyl (C=O) groups excluding carboxylic acids is 2. The van der Waals surface area contributed by atoms with Crippen LogP contribution >= 0.6 is 11.6 Å². The molecule has 0 aliphatic heterocycles. The molecule has 0 fully saturated rings. The van der Waals surface area contributed by atoms with Crippen molar-refractivity contribution in [3.63, 3.8) is 0 Å². The molecular formula is C16H15ClN2O3. The van der Waals surface area contributed by atoms with E-state index in [4.69, 9.17) is 16.3 Å². The number of amides is 2. The molecule has 2 aromatic rings. The lowest BCUT2D eigenvalue weighted by atomic mass is 10.1. The molecule has 0 heterocycles. The van der Waals surface area contributed by atoms with Crippen LogP contribution in [0.4, 0.5) is 0 Å². The summed E-state index contributed by atoms with van der Waals surface area (Å²) in [4.78, 5) is 23.9. The highest BCUT2D eigenvalue weighted by atomic mass is 35.5. The Morgan fingerprint density at radius 2 is 1.50 bits per heavy atom. The van der Waals surface area contributed by atoms with Crippen LogP contribution in [0.2, 0.25) is 5.02 Å². The molecule has 2 N–H and O–H groups in total. The number of benzene rings is 2. The molecule has 114 valence electrons. The summed E-state index contributed by atoms with van der Waals surface area (Å²) in [6.45, 7) is 1.88. The Balaban J connectivity index is 2.00. The third kappa shape index (κ3) is 3.77. The highest BCUT2D eigenvalue weighted by Gasteiger charge is 2.10. The van der Waals surface area contributed by atoms with Gasteiger partial charge in [-0.15, -0.1) is 0 Å². The highest BCUT2D eigenvalue weighted by molar-refractivity contribution is 6.30. The lowest BCUT2D eigenvalue weighted by Crippen LogP contribution is -2.41. The fourth-order valence-corrected chi connectivity index (χ4v) is 1.95. The van der Waals surface area contributed by atoms with Gasteiger partial charge < -0.3 is 4.74 Å². The molecular weight excluding hydrogens is 304 g/mol. The van der Waals surface area contributed by atoms with Crippen LogP contribution in [0.25, 0.3) is 0 Å². The lowest BCUT2D eigenvalue weighted by molar-refractivity contribution is 0.0846. The number of rotatable bonds is 3. The monoisotopic (exact) mass is 318 g/mol. The van der Waals surface area contributed by atoms with E-state index in [-0.39, 0.29) is 0 Å². The number of hydrogen-bond donors (Lipinski definition) is 2. The Hall–Kier alpha value is -2.53. The van der Waals surface area contributed by atoms with Gasteiger partial charge >= 0.3 is 0 Å². The second kappa shape index (κ2) is 6.95. The molecule has 0 bridgehead atoms. The van der Waals surface area contributed by atoms with Crippen molar-refractivity contribution >= 4 is 23.4 Å². The normalized spacial score (nSPS) is 9.95. The summed E-state index contributed by atoms with van der Waals surface area (Å²) in [6, 6.07) is 11.4. The zero-order valence-electron chi connectivity index (χ0n) is 12.1. The van der Waals surface area contributed by atoms with E-state index in [1.165, 1.54) is 7.11 Å². The average molecular weight is 319 g/mol. The molecule has 2 aromatic carbocycles. The van der Waals surface area contributed by atoms with E-state index in [1.807, 2.05) is 6.92 Å². The van der Waals surface area contributed by atoms with Crippen molar-refractivity contribution in [3.05, 3.63) is 64.2 Å². The predicted molar refractivity (Wildman–Crippen MR) is 84.1 cm³/mol. The van der Waals surface area contributed by atoms with E-state index in [0.29, 0.717) is 21.9 Å². The molecule has 2 amide bonds. The number of hydrogen-bond acceptors (Lipinski definition) is 3. The average Bonchev–Trinajstić information content (AvgIpc) is 2.53. The molecule has 0 saturated heterocycles. The number of methoxy groups -OCH3 is 1. The van der Waals surface area contributed by atoms with Crippen LogP contribution in [0.15, 0.2) is 42.5 Å². The van der Waals surface area contributed by atoms with Crippen LogP contribution in [0.5, 0.6) is 5.75 Å². The van der Waals surface area contributed by atoms with Gasteiger partial charge in [-0.3, -0.25) is 20.4 Å². The first-order valence-electron chi connectivity index (χ1n) is 6.52. The van der Waals surface area contributed by atoms with Crippen LogP contribution in [-0.2, 0) is 0 Å². The first-order valence-corrected chi connectivity index (χ1v) is 6.90. The van der Waals surface area contributed by atoms with E-state index in [1.54, 1.807) is 42.5 Å². The maximum atomic E-state index is 12.0. The van der Waals surface area contributed by atoms with Gasteiger partial charge in [-0.1, -0.05) is 17.7 Å². The van der Waals surface area contributed by atoms with Gasteiger partial charge in [0.15, 0.2) is 0 Å². The summed E-state index contributed by atoms with van der Waals surface area (Å²) in [5, 5.41) is 0.535. The smallest absolute Gasteiger partial charge is 0.269 e. The van der Waals surface area contributed by atoms with Crippen LogP contribution < -0.4 is 15.6 Å². The second-order valence-corrected chi connectivity index (χ2v) is 5.04. The molecule has 22 heavy (non-hydrogen) atoms. The Bertz CT molecular complexity index is 699. The molecule has 0 unspecified atom stereocenters. The zero-order chi connectivity index (χ0) is 16.1. The van der Waals surface area contributed by atoms with Crippen molar-refractivity contribution in [2.24, 2.45) is 0 Å². The van der Waals surface area contributed by atoms with Gasteiger partial charge in [-0.2, -0.15) is 0 Å². The number of ether oxygens (including phenoxy) is 1. The van der Waals surface area contributed by atoms with Gasteiger partial charge in [0.1, 0.15) is 5.75 Å². The topological polar surface area (TPSA) is 67.4 Å². The Kier molecular flexibility index (Phi) is 5.01. The largest absolute Gasteiger partial charge is 0.496 e. The first-order chi connectivity index (χ1) is 10.5. The molecule has 0 aliphatic carbocycles. The van der Waals surface area contributed by atoms with Crippen LogP contribution in [0.3, 0.4) is 0 Å². The Morgan fingerprint density at radius 3 is 2.09 bits per heavy atom. The number of aryl methyl sites for hydroxylation is 1. The lowest BCUT2D eigenvalue weighted by Gasteiger charge is -2.09. The van der Waals surface area contributed by atoms with E-state index >= 15 is 0 Å². The fourth-order valence-electron chi connectivity index (χ4n) is 1.82. The molecule has 0 saturated carbocycles. The fraction of sp³-hybridized carbons (Fsp3) is 0.125. The second-order valence-electron chi connectivity index (χ2n) is 4.60. The molecule has 6 heteroatoms. The van der Waals surface area contributed by atoms with Gasteiger partial charge in [0, 0.05) is 16.1 Å². The van der Waals surface area contributed by atoms with Crippen molar-refractivity contribution in [1.82, 2.24) is 10.9 Å². The summed E-state index contributed by atoms with van der Waals surface area (Å²) >= 11 is 5.75. The van der Waals surface area contributed by atoms with Gasteiger partial charge in [-0.25, -0.2) is 0 Å². The Labute approximate surface area is 133 Å². The predicted octanol–water partition coefficient (Wildman–Crippen LogP) is 2.73. The molecule has 0 spiro atoms. The van der Waals surface area contributed by atoms with Crippen molar-refractivity contribution in [2.75, 3.05) is 7.11 Å². The SMILES string of the molecule is COc1cc(C(=O)NNC(=O)c2ccc(Cl)cc2)ccc1C. The standard InChI is InChI=1S/C16H15ClN2O3/c1-10-3-4-12(9-14(10)22-2)16(21)19-18-15(20)11-5-7-13(17)8-6-11/h3-9H,1-2H3,(H,18,20)(H,19,21). The minimum atomic E-state index is -0.430. The van der Waals surface area contributed by atoms with E-state index in [9.17, 15) is 9.59 Å². The third-order valence-corrected chi connectivity index (χ3v) is 3.32. The summed E-state index contributed by atoms with van der Waals surface area (Å²) in [7, 11) is 1.53. The molecule has 2 rings (SSSR count). The first kappa shape index (κ1) is 15.9. The number of nitrogens with one attached hydrogen (secondary N) is 2. The van der Waals surface area contributed by atoms with Gasteiger partial charge in [-0.05, 0) is 48.9 Å². The van der Waals surface area contributed by atoms with E-state index in [2.05, 4.69) is 10.9 Å². The zero-order valence-corrected chi connectivity index (χ0v) is 12.9. The van der Waals surface area contributed by atoms with Gasteiger partial charge in [0.25, 0.3) is 11.8 Å². The Morgan fingerprint density at radius 1 is 0.955 bits per heavy atom. The number of halogens is 1. The number of carbonyl (C=O) groups is 2. The molecule has 0 atom stereocenters. The van der Waals surface area contributed by atoms with Crippen molar-refractivity contribution in [3.8, 4) is 5.75 Å². The maximum Gasteiger partial charge on any atom is 0.269 e. The molecule has 0 radical (unpaired) electrons. The van der Waals surface area contributed by atoms with Crippen molar-refractivity contribution in [2.45, 2.75) is 6.92 Å². The number of hydrazine groups is 1. The van der Waals surface area contributed by atoms with Crippen molar-refractivity contribution in [1.29, 1.82) is 0 Å². The van der Waals surface area contributed by atoms with Crippen LogP contribution in [0, 0.1) is 6.92 Å². The van der Waals surface area contributed by atoms with Crippen LogP contribution in [0.1, 0.15) is 26.3 Å². The van der Waals surface area contributed by atoms with Gasteiger partial charge in [0.05, 0.1) is 7.11 Å². The molecule has 0 aromatic heterocycles. The summed E-state index contributed by atoms with van der Waals surface area (Å²) in [6.07, 6.45) is 0. The van der Waals surface area contributed by atoms with E-state index < -0.39 is 11.8 Å². The minimum Gasteiger partial charge on any atom is -0.496 e.